The number of anilines is 1. The summed E-state index contributed by atoms with van der Waals surface area (Å²) in [4.78, 5) is 29.3. The van der Waals surface area contributed by atoms with Gasteiger partial charge >= 0.3 is 0 Å². The van der Waals surface area contributed by atoms with E-state index in [1.807, 2.05) is 21.9 Å². The maximum atomic E-state index is 13.1. The summed E-state index contributed by atoms with van der Waals surface area (Å²) in [6.45, 7) is 4.24. The summed E-state index contributed by atoms with van der Waals surface area (Å²) in [5, 5.41) is 0. The summed E-state index contributed by atoms with van der Waals surface area (Å²) in [5.41, 5.74) is 2.90. The Bertz CT molecular complexity index is 791. The first-order chi connectivity index (χ1) is 12.6. The Hall–Kier alpha value is -2.56. The van der Waals surface area contributed by atoms with E-state index in [4.69, 9.17) is 4.42 Å². The molecule has 2 aromatic rings. The number of carbonyl (C=O) groups is 2. The molecule has 0 N–H and O–H groups in total. The van der Waals surface area contributed by atoms with Gasteiger partial charge < -0.3 is 14.2 Å². The van der Waals surface area contributed by atoms with Crippen LogP contribution in [-0.4, -0.2) is 36.3 Å². The Morgan fingerprint density at radius 2 is 1.81 bits per heavy atom. The second-order valence-corrected chi connectivity index (χ2v) is 7.32. The van der Waals surface area contributed by atoms with Crippen LogP contribution in [0.4, 0.5) is 5.69 Å². The zero-order valence-corrected chi connectivity index (χ0v) is 15.1. The number of furan rings is 1. The molecule has 3 heterocycles. The van der Waals surface area contributed by atoms with E-state index < -0.39 is 0 Å². The van der Waals surface area contributed by atoms with Gasteiger partial charge in [-0.3, -0.25) is 9.59 Å². The molecule has 5 heteroatoms. The molecule has 5 nitrogen and oxygen atoms in total. The lowest BCUT2D eigenvalue weighted by molar-refractivity contribution is -0.123. The van der Waals surface area contributed by atoms with Gasteiger partial charge in [0, 0.05) is 31.2 Å². The average molecular weight is 352 g/mol. The summed E-state index contributed by atoms with van der Waals surface area (Å²) in [6.07, 6.45) is 5.43. The monoisotopic (exact) mass is 352 g/mol. The number of hydrogen-bond donors (Lipinski definition) is 0. The highest BCUT2D eigenvalue weighted by Crippen LogP contribution is 2.36. The summed E-state index contributed by atoms with van der Waals surface area (Å²) >= 11 is 0. The Morgan fingerprint density at radius 1 is 1.04 bits per heavy atom. The molecule has 0 bridgehead atoms. The van der Waals surface area contributed by atoms with Crippen molar-refractivity contribution in [3.05, 3.63) is 54.0 Å². The molecule has 1 unspecified atom stereocenters. The molecule has 0 saturated carbocycles. The number of carbonyl (C=O) groups excluding carboxylic acids is 2. The lowest BCUT2D eigenvalue weighted by Crippen LogP contribution is -2.46. The van der Waals surface area contributed by atoms with Crippen LogP contribution in [0.15, 0.2) is 47.3 Å². The van der Waals surface area contributed by atoms with E-state index in [2.05, 4.69) is 19.1 Å². The van der Waals surface area contributed by atoms with Crippen LogP contribution in [0.2, 0.25) is 0 Å². The standard InChI is InChI=1S/C21H24N2O3/c1-15-6-12-23(19-5-3-2-4-18(15)19)21(25)16-7-10-22(11-8-16)20(24)17-9-13-26-14-17/h2-5,9,13-16H,6-8,10-12H2,1H3. The summed E-state index contributed by atoms with van der Waals surface area (Å²) in [6, 6.07) is 9.92. The van der Waals surface area contributed by atoms with Crippen molar-refractivity contribution in [2.75, 3.05) is 24.5 Å². The summed E-state index contributed by atoms with van der Waals surface area (Å²) in [7, 11) is 0. The average Bonchev–Trinajstić information content (AvgIpc) is 3.22. The van der Waals surface area contributed by atoms with E-state index in [0.717, 1.165) is 31.5 Å². The molecule has 136 valence electrons. The molecule has 4 rings (SSSR count). The van der Waals surface area contributed by atoms with Gasteiger partial charge in [0.2, 0.25) is 5.91 Å². The van der Waals surface area contributed by atoms with Crippen LogP contribution < -0.4 is 4.90 Å². The first-order valence-electron chi connectivity index (χ1n) is 9.37. The summed E-state index contributed by atoms with van der Waals surface area (Å²) in [5.74, 6) is 0.677. The minimum absolute atomic E-state index is 0.00939. The molecule has 1 fully saturated rings. The molecule has 2 aliphatic heterocycles. The Labute approximate surface area is 153 Å². The van der Waals surface area contributed by atoms with Crippen molar-refractivity contribution in [2.24, 2.45) is 5.92 Å². The third-order valence-electron chi connectivity index (χ3n) is 5.71. The molecule has 1 aromatic heterocycles. The van der Waals surface area contributed by atoms with Crippen molar-refractivity contribution >= 4 is 17.5 Å². The number of para-hydroxylation sites is 1. The number of hydrogen-bond acceptors (Lipinski definition) is 3. The normalized spacial score (nSPS) is 20.7. The Morgan fingerprint density at radius 3 is 2.54 bits per heavy atom. The molecule has 0 aliphatic carbocycles. The van der Waals surface area contributed by atoms with E-state index in [1.165, 1.54) is 18.1 Å². The van der Waals surface area contributed by atoms with Crippen LogP contribution in [0.1, 0.15) is 48.0 Å². The Kier molecular flexibility index (Phi) is 4.53. The van der Waals surface area contributed by atoms with Gasteiger partial charge in [-0.15, -0.1) is 0 Å². The second-order valence-electron chi connectivity index (χ2n) is 7.32. The minimum atomic E-state index is -0.0122. The van der Waals surface area contributed by atoms with E-state index in [-0.39, 0.29) is 17.7 Å². The molecule has 2 aliphatic rings. The van der Waals surface area contributed by atoms with Gasteiger partial charge in [0.15, 0.2) is 0 Å². The molecule has 1 atom stereocenters. The third-order valence-corrected chi connectivity index (χ3v) is 5.71. The fourth-order valence-electron chi connectivity index (χ4n) is 4.10. The molecule has 0 radical (unpaired) electrons. The minimum Gasteiger partial charge on any atom is -0.472 e. The Balaban J connectivity index is 1.43. The van der Waals surface area contributed by atoms with Crippen molar-refractivity contribution < 1.29 is 14.0 Å². The summed E-state index contributed by atoms with van der Waals surface area (Å²) < 4.78 is 5.00. The first kappa shape index (κ1) is 16.9. The highest BCUT2D eigenvalue weighted by molar-refractivity contribution is 5.97. The van der Waals surface area contributed by atoms with Crippen LogP contribution in [0.3, 0.4) is 0 Å². The van der Waals surface area contributed by atoms with E-state index in [9.17, 15) is 9.59 Å². The second kappa shape index (κ2) is 6.98. The maximum absolute atomic E-state index is 13.1. The number of nitrogens with zero attached hydrogens (tertiary/aromatic N) is 2. The highest BCUT2D eigenvalue weighted by atomic mass is 16.3. The highest BCUT2D eigenvalue weighted by Gasteiger charge is 2.34. The van der Waals surface area contributed by atoms with Crippen LogP contribution >= 0.6 is 0 Å². The van der Waals surface area contributed by atoms with E-state index in [1.54, 1.807) is 6.07 Å². The van der Waals surface area contributed by atoms with Gasteiger partial charge in [0.25, 0.3) is 5.91 Å². The predicted molar refractivity (Wildman–Crippen MR) is 99.2 cm³/mol. The van der Waals surface area contributed by atoms with Gasteiger partial charge in [-0.05, 0) is 42.9 Å². The van der Waals surface area contributed by atoms with Crippen LogP contribution in [0, 0.1) is 5.92 Å². The number of likely N-dealkylation sites (tertiary alicyclic amines) is 1. The maximum Gasteiger partial charge on any atom is 0.257 e. The van der Waals surface area contributed by atoms with Crippen LogP contribution in [-0.2, 0) is 4.79 Å². The smallest absolute Gasteiger partial charge is 0.257 e. The zero-order chi connectivity index (χ0) is 18.1. The van der Waals surface area contributed by atoms with E-state index >= 15 is 0 Å². The first-order valence-corrected chi connectivity index (χ1v) is 9.37. The molecular formula is C21H24N2O3. The van der Waals surface area contributed by atoms with Gasteiger partial charge in [0.1, 0.15) is 6.26 Å². The van der Waals surface area contributed by atoms with Crippen molar-refractivity contribution in [1.82, 2.24) is 4.90 Å². The van der Waals surface area contributed by atoms with Gasteiger partial charge in [-0.25, -0.2) is 0 Å². The largest absolute Gasteiger partial charge is 0.472 e. The van der Waals surface area contributed by atoms with Crippen molar-refractivity contribution in [2.45, 2.75) is 32.1 Å². The molecule has 0 spiro atoms. The van der Waals surface area contributed by atoms with Crippen LogP contribution in [0.5, 0.6) is 0 Å². The molecule has 1 aromatic carbocycles. The zero-order valence-electron chi connectivity index (χ0n) is 15.1. The topological polar surface area (TPSA) is 53.8 Å². The quantitative estimate of drug-likeness (QED) is 0.829. The number of piperidine rings is 1. The van der Waals surface area contributed by atoms with Gasteiger partial charge in [-0.2, -0.15) is 0 Å². The van der Waals surface area contributed by atoms with Crippen LogP contribution in [0.25, 0.3) is 0 Å². The lowest BCUT2D eigenvalue weighted by Gasteiger charge is -2.37. The number of rotatable bonds is 2. The number of fused-ring (bicyclic) bond motifs is 1. The molecule has 26 heavy (non-hydrogen) atoms. The number of benzene rings is 1. The van der Waals surface area contributed by atoms with Crippen molar-refractivity contribution in [1.29, 1.82) is 0 Å². The molecule has 1 saturated heterocycles. The van der Waals surface area contributed by atoms with E-state index in [0.29, 0.717) is 24.6 Å². The predicted octanol–water partition coefficient (Wildman–Crippen LogP) is 3.67. The molecule has 2 amide bonds. The van der Waals surface area contributed by atoms with Crippen molar-refractivity contribution in [3.8, 4) is 0 Å². The molecular weight excluding hydrogens is 328 g/mol. The SMILES string of the molecule is CC1CCN(C(=O)C2CCN(C(=O)c3ccoc3)CC2)c2ccccc21. The third kappa shape index (κ3) is 3.02. The van der Waals surface area contributed by atoms with Crippen molar-refractivity contribution in [3.63, 3.8) is 0 Å². The van der Waals surface area contributed by atoms with Gasteiger partial charge in [0.05, 0.1) is 11.8 Å². The van der Waals surface area contributed by atoms with Gasteiger partial charge in [-0.1, -0.05) is 25.1 Å². The fourth-order valence-corrected chi connectivity index (χ4v) is 4.10. The lowest BCUT2D eigenvalue weighted by atomic mass is 9.89. The number of amides is 2. The fraction of sp³-hybridized carbons (Fsp3) is 0.429.